The van der Waals surface area contributed by atoms with E-state index in [2.05, 4.69) is 10.5 Å². The van der Waals surface area contributed by atoms with Crippen LogP contribution in [0, 0.1) is 6.92 Å². The van der Waals surface area contributed by atoms with Gasteiger partial charge in [-0.15, -0.1) is 0 Å². The fraction of sp³-hybridized carbons (Fsp3) is 0.312. The third-order valence-corrected chi connectivity index (χ3v) is 4.25. The van der Waals surface area contributed by atoms with Gasteiger partial charge in [0.2, 0.25) is 0 Å². The van der Waals surface area contributed by atoms with Crippen LogP contribution >= 0.6 is 0 Å². The normalized spacial score (nSPS) is 22.9. The first-order valence-electron chi connectivity index (χ1n) is 7.39. The van der Waals surface area contributed by atoms with Gasteiger partial charge in [-0.2, -0.15) is 0 Å². The molecule has 1 unspecified atom stereocenters. The van der Waals surface area contributed by atoms with Crippen molar-refractivity contribution in [3.63, 3.8) is 0 Å². The number of hydrogen-bond donors (Lipinski definition) is 1. The van der Waals surface area contributed by atoms with Gasteiger partial charge in [-0.25, -0.2) is 4.79 Å². The van der Waals surface area contributed by atoms with E-state index in [4.69, 9.17) is 9.26 Å². The van der Waals surface area contributed by atoms with Crippen molar-refractivity contribution in [1.29, 1.82) is 0 Å². The van der Waals surface area contributed by atoms with E-state index in [0.717, 1.165) is 0 Å². The van der Waals surface area contributed by atoms with Gasteiger partial charge in [-0.1, -0.05) is 23.4 Å². The van der Waals surface area contributed by atoms with Crippen molar-refractivity contribution >= 4 is 11.9 Å². The first-order chi connectivity index (χ1) is 11.1. The van der Waals surface area contributed by atoms with Crippen molar-refractivity contribution in [2.45, 2.75) is 25.4 Å². The van der Waals surface area contributed by atoms with Gasteiger partial charge in [0.1, 0.15) is 17.2 Å². The summed E-state index contributed by atoms with van der Waals surface area (Å²) in [7, 11) is 0. The number of urea groups is 1. The number of para-hydroxylation sites is 1. The van der Waals surface area contributed by atoms with Crippen LogP contribution in [0.15, 0.2) is 34.9 Å². The van der Waals surface area contributed by atoms with Crippen molar-refractivity contribution in [3.05, 3.63) is 47.3 Å². The van der Waals surface area contributed by atoms with E-state index in [1.165, 1.54) is 4.90 Å². The second-order valence-electron chi connectivity index (χ2n) is 5.75. The summed E-state index contributed by atoms with van der Waals surface area (Å²) in [6.45, 7) is 2.23. The Balaban J connectivity index is 1.70. The number of imide groups is 1. The number of rotatable bonds is 2. The van der Waals surface area contributed by atoms with Gasteiger partial charge in [0, 0.05) is 18.1 Å². The molecule has 7 heteroatoms. The highest BCUT2D eigenvalue weighted by Crippen LogP contribution is 2.41. The standard InChI is InChI=1S/C16H15N3O4/c1-10-8-11(18-23-10)9-19-14(20)16(17-15(19)21)6-7-22-13-5-3-2-4-12(13)16/h2-5,8H,6-7,9H2,1H3,(H,17,21). The molecule has 1 aromatic carbocycles. The summed E-state index contributed by atoms with van der Waals surface area (Å²) in [6.07, 6.45) is 0.406. The van der Waals surface area contributed by atoms with E-state index in [1.54, 1.807) is 19.1 Å². The summed E-state index contributed by atoms with van der Waals surface area (Å²) < 4.78 is 10.6. The third kappa shape index (κ3) is 2.00. The molecule has 4 rings (SSSR count). The summed E-state index contributed by atoms with van der Waals surface area (Å²) >= 11 is 0. The second-order valence-corrected chi connectivity index (χ2v) is 5.75. The highest BCUT2D eigenvalue weighted by Gasteiger charge is 2.54. The Morgan fingerprint density at radius 1 is 1.35 bits per heavy atom. The van der Waals surface area contributed by atoms with E-state index in [-0.39, 0.29) is 12.5 Å². The number of benzene rings is 1. The number of hydrogen-bond acceptors (Lipinski definition) is 5. The summed E-state index contributed by atoms with van der Waals surface area (Å²) in [6, 6.07) is 8.58. The fourth-order valence-corrected chi connectivity index (χ4v) is 3.17. The lowest BCUT2D eigenvalue weighted by Gasteiger charge is -2.33. The number of carbonyl (C=O) groups is 2. The molecule has 1 atom stereocenters. The maximum atomic E-state index is 13.0. The molecule has 0 bridgehead atoms. The van der Waals surface area contributed by atoms with E-state index >= 15 is 0 Å². The maximum Gasteiger partial charge on any atom is 0.325 e. The first kappa shape index (κ1) is 13.8. The van der Waals surface area contributed by atoms with Crippen LogP contribution in [0.25, 0.3) is 0 Å². The highest BCUT2D eigenvalue weighted by molar-refractivity contribution is 6.07. The molecule has 23 heavy (non-hydrogen) atoms. The molecule has 0 saturated carbocycles. The van der Waals surface area contributed by atoms with Gasteiger partial charge < -0.3 is 14.6 Å². The summed E-state index contributed by atoms with van der Waals surface area (Å²) in [4.78, 5) is 26.5. The van der Waals surface area contributed by atoms with Crippen LogP contribution in [0.2, 0.25) is 0 Å². The molecule has 1 N–H and O–H groups in total. The minimum Gasteiger partial charge on any atom is -0.493 e. The van der Waals surface area contributed by atoms with Crippen molar-refractivity contribution in [2.75, 3.05) is 6.61 Å². The molecule has 2 aliphatic heterocycles. The second kappa shape index (κ2) is 4.84. The molecule has 7 nitrogen and oxygen atoms in total. The quantitative estimate of drug-likeness (QED) is 0.853. The predicted octanol–water partition coefficient (Wildman–Crippen LogP) is 1.71. The Morgan fingerprint density at radius 2 is 2.17 bits per heavy atom. The van der Waals surface area contributed by atoms with Crippen molar-refractivity contribution in [2.24, 2.45) is 0 Å². The molecule has 1 saturated heterocycles. The van der Waals surface area contributed by atoms with Gasteiger partial charge in [0.05, 0.1) is 13.2 Å². The smallest absolute Gasteiger partial charge is 0.325 e. The van der Waals surface area contributed by atoms with E-state index in [0.29, 0.717) is 35.8 Å². The van der Waals surface area contributed by atoms with Crippen LogP contribution in [-0.2, 0) is 16.9 Å². The fourth-order valence-electron chi connectivity index (χ4n) is 3.17. The zero-order chi connectivity index (χ0) is 16.0. The Hall–Kier alpha value is -2.83. The largest absolute Gasteiger partial charge is 0.493 e. The van der Waals surface area contributed by atoms with E-state index in [1.807, 2.05) is 18.2 Å². The molecule has 2 aliphatic rings. The van der Waals surface area contributed by atoms with Gasteiger partial charge in [0.15, 0.2) is 5.54 Å². The highest BCUT2D eigenvalue weighted by atomic mass is 16.5. The lowest BCUT2D eigenvalue weighted by Crippen LogP contribution is -2.47. The number of nitrogens with zero attached hydrogens (tertiary/aromatic N) is 2. The number of fused-ring (bicyclic) bond motifs is 2. The molecule has 3 amide bonds. The topological polar surface area (TPSA) is 84.7 Å². The molecular weight excluding hydrogens is 298 g/mol. The van der Waals surface area contributed by atoms with Gasteiger partial charge >= 0.3 is 6.03 Å². The number of aryl methyl sites for hydroxylation is 1. The molecule has 3 heterocycles. The summed E-state index contributed by atoms with van der Waals surface area (Å²) in [5, 5.41) is 6.70. The SMILES string of the molecule is Cc1cc(CN2C(=O)NC3(CCOc4ccccc43)C2=O)no1. The van der Waals surface area contributed by atoms with Gasteiger partial charge in [0.25, 0.3) is 5.91 Å². The molecule has 1 spiro atoms. The van der Waals surface area contributed by atoms with Crippen LogP contribution in [0.5, 0.6) is 5.75 Å². The summed E-state index contributed by atoms with van der Waals surface area (Å²) in [5.41, 5.74) is 0.192. The molecule has 2 aromatic rings. The first-order valence-corrected chi connectivity index (χ1v) is 7.39. The third-order valence-electron chi connectivity index (χ3n) is 4.25. The van der Waals surface area contributed by atoms with E-state index in [9.17, 15) is 9.59 Å². The molecule has 1 aromatic heterocycles. The zero-order valence-corrected chi connectivity index (χ0v) is 12.5. The number of aromatic nitrogens is 1. The Bertz CT molecular complexity index is 800. The number of nitrogens with one attached hydrogen (secondary N) is 1. The van der Waals surface area contributed by atoms with Crippen LogP contribution in [0.1, 0.15) is 23.4 Å². The predicted molar refractivity (Wildman–Crippen MR) is 78.6 cm³/mol. The summed E-state index contributed by atoms with van der Waals surface area (Å²) in [5.74, 6) is 0.989. The molecular formula is C16H15N3O4. The van der Waals surface area contributed by atoms with Gasteiger partial charge in [-0.05, 0) is 13.0 Å². The number of ether oxygens (including phenoxy) is 1. The van der Waals surface area contributed by atoms with Crippen molar-refractivity contribution in [1.82, 2.24) is 15.4 Å². The minimum absolute atomic E-state index is 0.0901. The molecule has 118 valence electrons. The number of amides is 3. The number of carbonyl (C=O) groups excluding carboxylic acids is 2. The van der Waals surface area contributed by atoms with Crippen LogP contribution in [-0.4, -0.2) is 28.6 Å². The molecule has 0 aliphatic carbocycles. The average molecular weight is 313 g/mol. The van der Waals surface area contributed by atoms with E-state index < -0.39 is 11.6 Å². The van der Waals surface area contributed by atoms with Crippen LogP contribution in [0.3, 0.4) is 0 Å². The Kier molecular flexibility index (Phi) is 2.90. The van der Waals surface area contributed by atoms with Gasteiger partial charge in [-0.3, -0.25) is 9.69 Å². The van der Waals surface area contributed by atoms with Crippen molar-refractivity contribution in [3.8, 4) is 5.75 Å². The monoisotopic (exact) mass is 313 g/mol. The van der Waals surface area contributed by atoms with Crippen LogP contribution in [0.4, 0.5) is 4.79 Å². The average Bonchev–Trinajstić information content (AvgIpc) is 3.06. The minimum atomic E-state index is -1.05. The molecule has 0 radical (unpaired) electrons. The zero-order valence-electron chi connectivity index (χ0n) is 12.5. The Morgan fingerprint density at radius 3 is 2.96 bits per heavy atom. The van der Waals surface area contributed by atoms with Crippen LogP contribution < -0.4 is 10.1 Å². The lowest BCUT2D eigenvalue weighted by molar-refractivity contribution is -0.133. The lowest BCUT2D eigenvalue weighted by atomic mass is 9.84. The molecule has 1 fully saturated rings. The van der Waals surface area contributed by atoms with Crippen molar-refractivity contribution < 1.29 is 18.8 Å². The maximum absolute atomic E-state index is 13.0. The Labute approximate surface area is 132 Å².